The average Bonchev–Trinajstić information content (AvgIpc) is 3.02. The summed E-state index contributed by atoms with van der Waals surface area (Å²) < 4.78 is 6.80. The third kappa shape index (κ3) is 2.78. The van der Waals surface area contributed by atoms with Crippen molar-refractivity contribution >= 4 is 44.2 Å². The standard InChI is InChI=1S/C15H13BrN4O4/c1-2-24-11(21)6-17-15(23)12-13(22)9-4-3-8(16)5-10(9)14-18-7-19-20(12)14/h3-5,7,22H,2,6H2,1H3,(H,17,23). The fraction of sp³-hybridized carbons (Fsp3) is 0.200. The maximum absolute atomic E-state index is 12.4. The summed E-state index contributed by atoms with van der Waals surface area (Å²) in [6.07, 6.45) is 1.29. The molecular formula is C15H13BrN4O4. The van der Waals surface area contributed by atoms with Crippen molar-refractivity contribution in [1.82, 2.24) is 19.9 Å². The van der Waals surface area contributed by atoms with Crippen molar-refractivity contribution in [2.24, 2.45) is 0 Å². The van der Waals surface area contributed by atoms with E-state index in [4.69, 9.17) is 4.74 Å². The molecule has 2 heterocycles. The summed E-state index contributed by atoms with van der Waals surface area (Å²) in [5.74, 6) is -1.46. The Balaban J connectivity index is 2.08. The largest absolute Gasteiger partial charge is 0.505 e. The van der Waals surface area contributed by atoms with Crippen LogP contribution in [0, 0.1) is 0 Å². The number of carbonyl (C=O) groups excluding carboxylic acids is 2. The number of halogens is 1. The number of nitrogens with one attached hydrogen (secondary N) is 1. The molecule has 3 aromatic rings. The highest BCUT2D eigenvalue weighted by molar-refractivity contribution is 9.10. The number of benzene rings is 1. The van der Waals surface area contributed by atoms with Crippen LogP contribution >= 0.6 is 15.9 Å². The van der Waals surface area contributed by atoms with Gasteiger partial charge in [0.25, 0.3) is 5.91 Å². The minimum atomic E-state index is -0.652. The van der Waals surface area contributed by atoms with Gasteiger partial charge >= 0.3 is 5.97 Å². The third-order valence-electron chi connectivity index (χ3n) is 3.38. The normalized spacial score (nSPS) is 10.9. The number of aromatic hydroxyl groups is 1. The minimum Gasteiger partial charge on any atom is -0.505 e. The lowest BCUT2D eigenvalue weighted by molar-refractivity contribution is -0.141. The maximum atomic E-state index is 12.4. The highest BCUT2D eigenvalue weighted by atomic mass is 79.9. The van der Waals surface area contributed by atoms with Crippen LogP contribution in [-0.2, 0) is 9.53 Å². The number of rotatable bonds is 4. The van der Waals surface area contributed by atoms with E-state index in [0.717, 1.165) is 4.47 Å². The van der Waals surface area contributed by atoms with E-state index in [-0.39, 0.29) is 24.6 Å². The van der Waals surface area contributed by atoms with Crippen molar-refractivity contribution in [1.29, 1.82) is 0 Å². The Hall–Kier alpha value is -2.68. The molecule has 1 amide bonds. The molecule has 2 N–H and O–H groups in total. The lowest BCUT2D eigenvalue weighted by atomic mass is 10.1. The maximum Gasteiger partial charge on any atom is 0.325 e. The van der Waals surface area contributed by atoms with Gasteiger partial charge < -0.3 is 15.2 Å². The second-order valence-electron chi connectivity index (χ2n) is 4.87. The summed E-state index contributed by atoms with van der Waals surface area (Å²) in [6, 6.07) is 5.19. The fourth-order valence-electron chi connectivity index (χ4n) is 2.38. The van der Waals surface area contributed by atoms with E-state index < -0.39 is 11.9 Å². The molecule has 24 heavy (non-hydrogen) atoms. The first kappa shape index (κ1) is 16.2. The molecule has 0 bridgehead atoms. The SMILES string of the molecule is CCOC(=O)CNC(=O)c1c(O)c2ccc(Br)cc2c2ncnn12. The van der Waals surface area contributed by atoms with E-state index in [9.17, 15) is 14.7 Å². The van der Waals surface area contributed by atoms with Gasteiger partial charge in [0, 0.05) is 15.2 Å². The molecule has 0 fully saturated rings. The molecule has 124 valence electrons. The Labute approximate surface area is 144 Å². The van der Waals surface area contributed by atoms with Crippen LogP contribution in [0.15, 0.2) is 29.0 Å². The van der Waals surface area contributed by atoms with E-state index in [1.54, 1.807) is 25.1 Å². The summed E-state index contributed by atoms with van der Waals surface area (Å²) >= 11 is 3.36. The Kier molecular flexibility index (Phi) is 4.34. The van der Waals surface area contributed by atoms with Crippen molar-refractivity contribution in [2.75, 3.05) is 13.2 Å². The quantitative estimate of drug-likeness (QED) is 0.653. The van der Waals surface area contributed by atoms with Crippen molar-refractivity contribution in [3.63, 3.8) is 0 Å². The van der Waals surface area contributed by atoms with Crippen LogP contribution in [0.1, 0.15) is 17.4 Å². The lowest BCUT2D eigenvalue weighted by Gasteiger charge is -2.11. The van der Waals surface area contributed by atoms with Gasteiger partial charge in [0.15, 0.2) is 17.1 Å². The molecule has 0 saturated heterocycles. The summed E-state index contributed by atoms with van der Waals surface area (Å²) in [4.78, 5) is 28.0. The monoisotopic (exact) mass is 392 g/mol. The number of aromatic nitrogens is 3. The smallest absolute Gasteiger partial charge is 0.325 e. The van der Waals surface area contributed by atoms with Gasteiger partial charge in [-0.25, -0.2) is 9.50 Å². The number of pyridine rings is 1. The van der Waals surface area contributed by atoms with E-state index in [1.165, 1.54) is 10.8 Å². The van der Waals surface area contributed by atoms with Crippen LogP contribution in [0.4, 0.5) is 0 Å². The first-order valence-corrected chi connectivity index (χ1v) is 7.90. The molecule has 1 aromatic carbocycles. The Bertz CT molecular complexity index is 953. The van der Waals surface area contributed by atoms with Crippen molar-refractivity contribution in [3.05, 3.63) is 34.7 Å². The minimum absolute atomic E-state index is 0.0957. The number of fused-ring (bicyclic) bond motifs is 3. The summed E-state index contributed by atoms with van der Waals surface area (Å²) in [7, 11) is 0. The van der Waals surface area contributed by atoms with Crippen LogP contribution in [0.3, 0.4) is 0 Å². The zero-order chi connectivity index (χ0) is 17.3. The Morgan fingerprint density at radius 1 is 1.38 bits per heavy atom. The van der Waals surface area contributed by atoms with Crippen LogP contribution in [-0.4, -0.2) is 44.7 Å². The molecule has 0 aliphatic rings. The molecular weight excluding hydrogens is 380 g/mol. The number of esters is 1. The predicted molar refractivity (Wildman–Crippen MR) is 88.8 cm³/mol. The van der Waals surface area contributed by atoms with Gasteiger partial charge in [-0.15, -0.1) is 0 Å². The van der Waals surface area contributed by atoms with Crippen LogP contribution < -0.4 is 5.32 Å². The summed E-state index contributed by atoms with van der Waals surface area (Å²) in [5, 5.41) is 18.0. The van der Waals surface area contributed by atoms with E-state index in [2.05, 4.69) is 31.3 Å². The highest BCUT2D eigenvalue weighted by Gasteiger charge is 2.22. The van der Waals surface area contributed by atoms with Gasteiger partial charge in [-0.3, -0.25) is 9.59 Å². The summed E-state index contributed by atoms with van der Waals surface area (Å²) in [5.41, 5.74) is 0.326. The zero-order valence-corrected chi connectivity index (χ0v) is 14.2. The number of hydrogen-bond acceptors (Lipinski definition) is 6. The molecule has 0 radical (unpaired) electrons. The van der Waals surface area contributed by atoms with Gasteiger partial charge in [-0.2, -0.15) is 5.10 Å². The molecule has 0 aliphatic carbocycles. The first-order valence-electron chi connectivity index (χ1n) is 7.10. The molecule has 0 spiro atoms. The van der Waals surface area contributed by atoms with Crippen LogP contribution in [0.2, 0.25) is 0 Å². The topological polar surface area (TPSA) is 106 Å². The molecule has 3 rings (SSSR count). The number of carbonyl (C=O) groups is 2. The Morgan fingerprint density at radius 2 is 2.17 bits per heavy atom. The van der Waals surface area contributed by atoms with Crippen molar-refractivity contribution < 1.29 is 19.4 Å². The molecule has 0 aliphatic heterocycles. The molecule has 8 nitrogen and oxygen atoms in total. The molecule has 9 heteroatoms. The fourth-order valence-corrected chi connectivity index (χ4v) is 2.74. The van der Waals surface area contributed by atoms with E-state index in [1.807, 2.05) is 0 Å². The lowest BCUT2D eigenvalue weighted by Crippen LogP contribution is -2.32. The second kappa shape index (κ2) is 6.44. The number of hydrogen-bond donors (Lipinski definition) is 2. The molecule has 0 atom stereocenters. The van der Waals surface area contributed by atoms with Crippen LogP contribution in [0.25, 0.3) is 16.4 Å². The van der Waals surface area contributed by atoms with Gasteiger partial charge in [0.2, 0.25) is 0 Å². The zero-order valence-electron chi connectivity index (χ0n) is 12.6. The second-order valence-corrected chi connectivity index (χ2v) is 5.79. The first-order chi connectivity index (χ1) is 11.5. The average molecular weight is 393 g/mol. The van der Waals surface area contributed by atoms with E-state index in [0.29, 0.717) is 16.4 Å². The number of nitrogens with zero attached hydrogens (tertiary/aromatic N) is 3. The number of amides is 1. The molecule has 0 saturated carbocycles. The molecule has 2 aromatic heterocycles. The number of ether oxygens (including phenoxy) is 1. The Morgan fingerprint density at radius 3 is 2.92 bits per heavy atom. The highest BCUT2D eigenvalue weighted by Crippen LogP contribution is 2.32. The molecule has 0 unspecified atom stereocenters. The van der Waals surface area contributed by atoms with Gasteiger partial charge in [0.1, 0.15) is 12.9 Å². The van der Waals surface area contributed by atoms with Crippen LogP contribution in [0.5, 0.6) is 5.75 Å². The van der Waals surface area contributed by atoms with E-state index >= 15 is 0 Å². The predicted octanol–water partition coefficient (Wildman–Crippen LogP) is 1.64. The van der Waals surface area contributed by atoms with Gasteiger partial charge in [-0.1, -0.05) is 15.9 Å². The van der Waals surface area contributed by atoms with Gasteiger partial charge in [-0.05, 0) is 25.1 Å². The van der Waals surface area contributed by atoms with Gasteiger partial charge in [0.05, 0.1) is 6.61 Å². The van der Waals surface area contributed by atoms with Crippen molar-refractivity contribution in [3.8, 4) is 5.75 Å². The van der Waals surface area contributed by atoms with Crippen molar-refractivity contribution in [2.45, 2.75) is 6.92 Å². The third-order valence-corrected chi connectivity index (χ3v) is 3.87. The summed E-state index contributed by atoms with van der Waals surface area (Å²) in [6.45, 7) is 1.59.